The van der Waals surface area contributed by atoms with E-state index in [1.54, 1.807) is 20.2 Å². The SMILES string of the molecule is Cc1nc(CN(C)C(=O)Nc2ccc(Cn3cccn3)cc2)no1. The first-order valence-corrected chi connectivity index (χ1v) is 7.48. The highest BCUT2D eigenvalue weighted by Gasteiger charge is 2.12. The summed E-state index contributed by atoms with van der Waals surface area (Å²) in [5.74, 6) is 0.950. The van der Waals surface area contributed by atoms with Crippen LogP contribution in [-0.4, -0.2) is 37.9 Å². The summed E-state index contributed by atoms with van der Waals surface area (Å²) < 4.78 is 6.73. The number of benzene rings is 1. The Morgan fingerprint density at radius 1 is 1.33 bits per heavy atom. The highest BCUT2D eigenvalue weighted by Crippen LogP contribution is 2.12. The Morgan fingerprint density at radius 3 is 2.75 bits per heavy atom. The zero-order chi connectivity index (χ0) is 16.9. The minimum Gasteiger partial charge on any atom is -0.340 e. The first kappa shape index (κ1) is 15.7. The Kier molecular flexibility index (Phi) is 4.55. The van der Waals surface area contributed by atoms with Gasteiger partial charge < -0.3 is 14.7 Å². The lowest BCUT2D eigenvalue weighted by molar-refractivity contribution is 0.219. The Hall–Kier alpha value is -3.16. The molecule has 0 aliphatic rings. The summed E-state index contributed by atoms with van der Waals surface area (Å²) in [6.07, 6.45) is 3.65. The molecule has 0 saturated carbocycles. The number of urea groups is 1. The molecule has 2 heterocycles. The molecular formula is C16H18N6O2. The van der Waals surface area contributed by atoms with Gasteiger partial charge in [-0.25, -0.2) is 4.79 Å². The molecule has 1 N–H and O–H groups in total. The van der Waals surface area contributed by atoms with Crippen LogP contribution in [0.3, 0.4) is 0 Å². The fraction of sp³-hybridized carbons (Fsp3) is 0.250. The molecule has 0 aliphatic heterocycles. The lowest BCUT2D eigenvalue weighted by atomic mass is 10.2. The van der Waals surface area contributed by atoms with Crippen molar-refractivity contribution in [3.63, 3.8) is 0 Å². The van der Waals surface area contributed by atoms with Crippen LogP contribution in [0.4, 0.5) is 10.5 Å². The Morgan fingerprint density at radius 2 is 2.12 bits per heavy atom. The molecule has 124 valence electrons. The summed E-state index contributed by atoms with van der Waals surface area (Å²) in [5, 5.41) is 10.8. The van der Waals surface area contributed by atoms with Crippen LogP contribution in [0.5, 0.6) is 0 Å². The molecule has 2 aromatic heterocycles. The molecule has 24 heavy (non-hydrogen) atoms. The van der Waals surface area contributed by atoms with Crippen molar-refractivity contribution in [1.29, 1.82) is 0 Å². The van der Waals surface area contributed by atoms with Crippen LogP contribution in [0.25, 0.3) is 0 Å². The van der Waals surface area contributed by atoms with Gasteiger partial charge in [-0.2, -0.15) is 10.1 Å². The molecule has 3 rings (SSSR count). The molecule has 1 aromatic carbocycles. The molecule has 0 spiro atoms. The highest BCUT2D eigenvalue weighted by atomic mass is 16.5. The highest BCUT2D eigenvalue weighted by molar-refractivity contribution is 5.89. The summed E-state index contributed by atoms with van der Waals surface area (Å²) in [7, 11) is 1.67. The van der Waals surface area contributed by atoms with Crippen molar-refractivity contribution >= 4 is 11.7 Å². The number of aromatic nitrogens is 4. The van der Waals surface area contributed by atoms with E-state index in [4.69, 9.17) is 4.52 Å². The molecule has 0 aliphatic carbocycles. The van der Waals surface area contributed by atoms with Crippen LogP contribution in [0, 0.1) is 6.92 Å². The maximum Gasteiger partial charge on any atom is 0.321 e. The molecule has 0 radical (unpaired) electrons. The topological polar surface area (TPSA) is 89.1 Å². The number of amides is 2. The third-order valence-corrected chi connectivity index (χ3v) is 3.40. The van der Waals surface area contributed by atoms with Gasteiger partial charge in [0.25, 0.3) is 0 Å². The van der Waals surface area contributed by atoms with Crippen LogP contribution in [0.2, 0.25) is 0 Å². The number of rotatable bonds is 5. The van der Waals surface area contributed by atoms with E-state index in [2.05, 4.69) is 20.6 Å². The van der Waals surface area contributed by atoms with Gasteiger partial charge in [0, 0.05) is 32.1 Å². The van der Waals surface area contributed by atoms with Crippen molar-refractivity contribution in [2.75, 3.05) is 12.4 Å². The van der Waals surface area contributed by atoms with Crippen molar-refractivity contribution in [2.24, 2.45) is 0 Å². The third-order valence-electron chi connectivity index (χ3n) is 3.40. The summed E-state index contributed by atoms with van der Waals surface area (Å²) in [5.41, 5.74) is 1.83. The minimum absolute atomic E-state index is 0.239. The van der Waals surface area contributed by atoms with Crippen LogP contribution in [-0.2, 0) is 13.1 Å². The van der Waals surface area contributed by atoms with Gasteiger partial charge in [-0.05, 0) is 23.8 Å². The molecule has 0 saturated heterocycles. The van der Waals surface area contributed by atoms with E-state index >= 15 is 0 Å². The molecule has 8 heteroatoms. The van der Waals surface area contributed by atoms with Gasteiger partial charge in [0.2, 0.25) is 5.89 Å². The lowest BCUT2D eigenvalue weighted by Crippen LogP contribution is -2.31. The van der Waals surface area contributed by atoms with Crippen LogP contribution in [0.1, 0.15) is 17.3 Å². The lowest BCUT2D eigenvalue weighted by Gasteiger charge is -2.16. The third kappa shape index (κ3) is 3.97. The van der Waals surface area contributed by atoms with E-state index in [0.29, 0.717) is 18.3 Å². The quantitative estimate of drug-likeness (QED) is 0.777. The predicted octanol–water partition coefficient (Wildman–Crippen LogP) is 2.29. The number of hydrogen-bond acceptors (Lipinski definition) is 5. The smallest absolute Gasteiger partial charge is 0.321 e. The normalized spacial score (nSPS) is 10.6. The molecular weight excluding hydrogens is 308 g/mol. The van der Waals surface area contributed by atoms with E-state index in [0.717, 1.165) is 11.3 Å². The molecule has 0 fully saturated rings. The maximum atomic E-state index is 12.2. The number of nitrogens with one attached hydrogen (secondary N) is 1. The minimum atomic E-state index is -0.239. The van der Waals surface area contributed by atoms with Gasteiger partial charge in [-0.3, -0.25) is 4.68 Å². The average molecular weight is 326 g/mol. The first-order chi connectivity index (χ1) is 11.6. The second kappa shape index (κ2) is 6.95. The van der Waals surface area contributed by atoms with Crippen molar-refractivity contribution < 1.29 is 9.32 Å². The van der Waals surface area contributed by atoms with Gasteiger partial charge >= 0.3 is 6.03 Å². The van der Waals surface area contributed by atoms with Crippen LogP contribution in [0.15, 0.2) is 47.2 Å². The van der Waals surface area contributed by atoms with Crippen molar-refractivity contribution in [3.8, 4) is 0 Å². The number of aryl methyl sites for hydroxylation is 1. The van der Waals surface area contributed by atoms with Crippen molar-refractivity contribution in [3.05, 3.63) is 60.0 Å². The summed E-state index contributed by atoms with van der Waals surface area (Å²) in [4.78, 5) is 17.7. The van der Waals surface area contributed by atoms with E-state index in [1.165, 1.54) is 4.90 Å². The molecule has 3 aromatic rings. The van der Waals surface area contributed by atoms with E-state index in [1.807, 2.05) is 41.2 Å². The number of carbonyl (C=O) groups is 1. The van der Waals surface area contributed by atoms with E-state index in [-0.39, 0.29) is 12.6 Å². The van der Waals surface area contributed by atoms with Gasteiger partial charge in [0.05, 0.1) is 13.1 Å². The van der Waals surface area contributed by atoms with Gasteiger partial charge in [-0.1, -0.05) is 17.3 Å². The number of nitrogens with zero attached hydrogens (tertiary/aromatic N) is 5. The Bertz CT molecular complexity index is 794. The summed E-state index contributed by atoms with van der Waals surface area (Å²) in [6, 6.07) is 9.29. The Labute approximate surface area is 139 Å². The van der Waals surface area contributed by atoms with Crippen molar-refractivity contribution in [2.45, 2.75) is 20.0 Å². The van der Waals surface area contributed by atoms with Gasteiger partial charge in [0.15, 0.2) is 5.82 Å². The first-order valence-electron chi connectivity index (χ1n) is 7.48. The Balaban J connectivity index is 1.55. The van der Waals surface area contributed by atoms with Gasteiger partial charge in [-0.15, -0.1) is 0 Å². The fourth-order valence-corrected chi connectivity index (χ4v) is 2.18. The van der Waals surface area contributed by atoms with E-state index < -0.39 is 0 Å². The molecule has 0 unspecified atom stereocenters. The number of hydrogen-bond donors (Lipinski definition) is 1. The average Bonchev–Trinajstić information content (AvgIpc) is 3.21. The monoisotopic (exact) mass is 326 g/mol. The second-order valence-corrected chi connectivity index (χ2v) is 5.42. The molecule has 2 amide bonds. The van der Waals surface area contributed by atoms with Crippen molar-refractivity contribution in [1.82, 2.24) is 24.8 Å². The van der Waals surface area contributed by atoms with Gasteiger partial charge in [0.1, 0.15) is 0 Å². The summed E-state index contributed by atoms with van der Waals surface area (Å²) in [6.45, 7) is 2.68. The number of anilines is 1. The molecule has 0 bridgehead atoms. The maximum absolute atomic E-state index is 12.2. The van der Waals surface area contributed by atoms with Crippen LogP contribution >= 0.6 is 0 Å². The summed E-state index contributed by atoms with van der Waals surface area (Å²) >= 11 is 0. The largest absolute Gasteiger partial charge is 0.340 e. The standard InChI is InChI=1S/C16H18N6O2/c1-12-18-15(20-24-12)11-21(2)16(23)19-14-6-4-13(5-7-14)10-22-9-3-8-17-22/h3-9H,10-11H2,1-2H3,(H,19,23). The van der Waals surface area contributed by atoms with Crippen LogP contribution < -0.4 is 5.32 Å². The van der Waals surface area contributed by atoms with E-state index in [9.17, 15) is 4.79 Å². The zero-order valence-electron chi connectivity index (χ0n) is 13.5. The molecule has 8 nitrogen and oxygen atoms in total. The zero-order valence-corrected chi connectivity index (χ0v) is 13.5. The second-order valence-electron chi connectivity index (χ2n) is 5.42. The predicted molar refractivity (Wildman–Crippen MR) is 87.3 cm³/mol. The number of carbonyl (C=O) groups excluding carboxylic acids is 1. The fourth-order valence-electron chi connectivity index (χ4n) is 2.18. The molecule has 0 atom stereocenters.